The van der Waals surface area contributed by atoms with Gasteiger partial charge in [0.2, 0.25) is 0 Å². The maximum absolute atomic E-state index is 12.3. The summed E-state index contributed by atoms with van der Waals surface area (Å²) in [6.45, 7) is 3.07. The molecule has 7 heteroatoms. The molecule has 0 heterocycles. The lowest BCUT2D eigenvalue weighted by atomic mass is 9.82. The number of Topliss-reactive ketones (excluding diaryl/α,β-unsaturated/α-hetero) is 1. The fraction of sp³-hybridized carbons (Fsp3) is 0.318. The minimum Gasteiger partial charge on any atom is -0.489 e. The van der Waals surface area contributed by atoms with Crippen molar-refractivity contribution in [3.8, 4) is 5.75 Å². The van der Waals surface area contributed by atoms with Crippen molar-refractivity contribution in [2.45, 2.75) is 33.3 Å². The first-order valence-corrected chi connectivity index (χ1v) is 9.30. The van der Waals surface area contributed by atoms with E-state index in [1.807, 2.05) is 30.3 Å². The second-order valence-corrected chi connectivity index (χ2v) is 6.47. The van der Waals surface area contributed by atoms with Gasteiger partial charge in [0, 0.05) is 5.56 Å². The van der Waals surface area contributed by atoms with Gasteiger partial charge in [0.1, 0.15) is 12.4 Å². The highest BCUT2D eigenvalue weighted by molar-refractivity contribution is 6.02. The number of rotatable bonds is 10. The Morgan fingerprint density at radius 2 is 1.52 bits per heavy atom. The van der Waals surface area contributed by atoms with Crippen LogP contribution in [0.1, 0.15) is 42.6 Å². The van der Waals surface area contributed by atoms with E-state index in [0.29, 0.717) is 17.9 Å². The van der Waals surface area contributed by atoms with E-state index >= 15 is 0 Å². The first-order valence-electron chi connectivity index (χ1n) is 9.30. The number of ether oxygens (including phenoxy) is 2. The third-order valence-corrected chi connectivity index (χ3v) is 4.83. The number of ketones is 1. The van der Waals surface area contributed by atoms with Crippen LogP contribution in [0.15, 0.2) is 54.6 Å². The quantitative estimate of drug-likeness (QED) is 0.213. The molecule has 154 valence electrons. The average molecular weight is 400 g/mol. The van der Waals surface area contributed by atoms with E-state index in [1.165, 1.54) is 0 Å². The number of benzene rings is 2. The van der Waals surface area contributed by atoms with Crippen LogP contribution < -0.4 is 4.74 Å². The fourth-order valence-corrected chi connectivity index (χ4v) is 2.83. The van der Waals surface area contributed by atoms with Gasteiger partial charge >= 0.3 is 11.9 Å². The van der Waals surface area contributed by atoms with E-state index in [-0.39, 0.29) is 12.8 Å². The van der Waals surface area contributed by atoms with Crippen LogP contribution in [-0.2, 0) is 25.8 Å². The molecular weight excluding hydrogens is 376 g/mol. The first kappa shape index (κ1) is 22.1. The van der Waals surface area contributed by atoms with Crippen molar-refractivity contribution in [3.05, 3.63) is 65.7 Å². The van der Waals surface area contributed by atoms with Crippen LogP contribution in [0.25, 0.3) is 0 Å². The number of esters is 1. The van der Waals surface area contributed by atoms with Crippen molar-refractivity contribution in [2.24, 2.45) is 5.41 Å². The number of carbonyl (C=O) groups excluding carboxylic acids is 3. The number of hydrogen-bond donors (Lipinski definition) is 1. The van der Waals surface area contributed by atoms with Gasteiger partial charge in [0.15, 0.2) is 17.8 Å². The zero-order chi connectivity index (χ0) is 21.3. The van der Waals surface area contributed by atoms with Crippen molar-refractivity contribution in [1.29, 1.82) is 0 Å². The zero-order valence-corrected chi connectivity index (χ0v) is 16.4. The molecule has 0 bridgehead atoms. The lowest BCUT2D eigenvalue weighted by Gasteiger charge is -2.24. The summed E-state index contributed by atoms with van der Waals surface area (Å²) in [5.74, 6) is -1.83. The normalized spacial score (nSPS) is 10.9. The van der Waals surface area contributed by atoms with E-state index in [9.17, 15) is 14.4 Å². The Morgan fingerprint density at radius 3 is 2.07 bits per heavy atom. The number of hydrogen-bond acceptors (Lipinski definition) is 7. The molecule has 7 nitrogen and oxygen atoms in total. The molecule has 0 radical (unpaired) electrons. The Kier molecular flexibility index (Phi) is 7.91. The Morgan fingerprint density at radius 1 is 0.897 bits per heavy atom. The summed E-state index contributed by atoms with van der Waals surface area (Å²) in [6, 6.07) is 16.1. The van der Waals surface area contributed by atoms with E-state index in [4.69, 9.17) is 14.7 Å². The van der Waals surface area contributed by atoms with Crippen LogP contribution in [0.3, 0.4) is 0 Å². The largest absolute Gasteiger partial charge is 0.489 e. The monoisotopic (exact) mass is 400 g/mol. The molecule has 0 aliphatic rings. The van der Waals surface area contributed by atoms with E-state index in [1.54, 1.807) is 38.1 Å². The molecule has 2 aromatic rings. The number of carbonyl (C=O) groups is 3. The first-order chi connectivity index (χ1) is 14.0. The summed E-state index contributed by atoms with van der Waals surface area (Å²) in [5.41, 5.74) is -0.269. The summed E-state index contributed by atoms with van der Waals surface area (Å²) >= 11 is 0. The van der Waals surface area contributed by atoms with Gasteiger partial charge in [0.25, 0.3) is 0 Å². The van der Waals surface area contributed by atoms with Crippen LogP contribution in [-0.4, -0.2) is 29.6 Å². The topological polar surface area (TPSA) is 99.1 Å². The third-order valence-electron chi connectivity index (χ3n) is 4.83. The van der Waals surface area contributed by atoms with Crippen LogP contribution >= 0.6 is 0 Å². The lowest BCUT2D eigenvalue weighted by molar-refractivity contribution is -0.247. The van der Waals surface area contributed by atoms with Crippen LogP contribution in [0.4, 0.5) is 0 Å². The molecule has 2 aromatic carbocycles. The van der Waals surface area contributed by atoms with Crippen LogP contribution in [0, 0.1) is 5.41 Å². The molecule has 0 aliphatic heterocycles. The molecule has 0 fully saturated rings. The van der Waals surface area contributed by atoms with Gasteiger partial charge in [-0.1, -0.05) is 44.2 Å². The Hall–Kier alpha value is -3.19. The van der Waals surface area contributed by atoms with Crippen molar-refractivity contribution in [3.63, 3.8) is 0 Å². The lowest BCUT2D eigenvalue weighted by Crippen LogP contribution is -2.41. The van der Waals surface area contributed by atoms with Crippen molar-refractivity contribution in [2.75, 3.05) is 6.61 Å². The minimum absolute atomic E-state index is 0.0728. The highest BCUT2D eigenvalue weighted by atomic mass is 17.1. The van der Waals surface area contributed by atoms with Gasteiger partial charge < -0.3 is 9.47 Å². The standard InChI is InChI=1S/C22H24O7/c1-3-22(4-2,21(25)29-26)20(24)28-15-19(23)17-10-12-18(13-11-17)27-14-16-8-6-5-7-9-16/h5-13,26H,3-4,14-15H2,1-2H3. The van der Waals surface area contributed by atoms with Crippen LogP contribution in [0.5, 0.6) is 5.75 Å². The molecule has 0 amide bonds. The van der Waals surface area contributed by atoms with Crippen molar-refractivity contribution < 1.29 is 34.0 Å². The summed E-state index contributed by atoms with van der Waals surface area (Å²) in [6.07, 6.45) is 0.146. The molecule has 0 saturated carbocycles. The van der Waals surface area contributed by atoms with Gasteiger partial charge in [0.05, 0.1) is 0 Å². The summed E-state index contributed by atoms with van der Waals surface area (Å²) < 4.78 is 10.7. The molecule has 1 N–H and O–H groups in total. The zero-order valence-electron chi connectivity index (χ0n) is 16.4. The summed E-state index contributed by atoms with van der Waals surface area (Å²) in [5, 5.41) is 8.64. The Bertz CT molecular complexity index is 824. The van der Waals surface area contributed by atoms with Crippen molar-refractivity contribution >= 4 is 17.7 Å². The molecule has 0 saturated heterocycles. The maximum atomic E-state index is 12.3. The molecule has 0 aromatic heterocycles. The molecule has 29 heavy (non-hydrogen) atoms. The van der Waals surface area contributed by atoms with Gasteiger partial charge in [-0.3, -0.25) is 14.5 Å². The fourth-order valence-electron chi connectivity index (χ4n) is 2.83. The minimum atomic E-state index is -1.63. The van der Waals surface area contributed by atoms with Gasteiger partial charge in [-0.25, -0.2) is 4.79 Å². The maximum Gasteiger partial charge on any atom is 0.359 e. The molecule has 0 unspecified atom stereocenters. The predicted octanol–water partition coefficient (Wildman–Crippen LogP) is 3.81. The molecular formula is C22H24O7. The van der Waals surface area contributed by atoms with E-state index in [2.05, 4.69) is 4.89 Å². The highest BCUT2D eigenvalue weighted by Crippen LogP contribution is 2.30. The molecule has 2 rings (SSSR count). The van der Waals surface area contributed by atoms with E-state index < -0.39 is 29.7 Å². The third kappa shape index (κ3) is 5.42. The molecule has 0 spiro atoms. The highest BCUT2D eigenvalue weighted by Gasteiger charge is 2.46. The smallest absolute Gasteiger partial charge is 0.359 e. The predicted molar refractivity (Wildman–Crippen MR) is 104 cm³/mol. The SMILES string of the molecule is CCC(CC)(C(=O)OO)C(=O)OCC(=O)c1ccc(OCc2ccccc2)cc1. The van der Waals surface area contributed by atoms with Gasteiger partial charge in [-0.2, -0.15) is 5.26 Å². The molecule has 0 aliphatic carbocycles. The molecule has 0 atom stereocenters. The van der Waals surface area contributed by atoms with Crippen molar-refractivity contribution in [1.82, 2.24) is 0 Å². The van der Waals surface area contributed by atoms with Gasteiger partial charge in [-0.05, 0) is 42.7 Å². The van der Waals surface area contributed by atoms with Gasteiger partial charge in [-0.15, -0.1) is 0 Å². The summed E-state index contributed by atoms with van der Waals surface area (Å²) in [4.78, 5) is 40.2. The van der Waals surface area contributed by atoms with E-state index in [0.717, 1.165) is 5.56 Å². The second-order valence-electron chi connectivity index (χ2n) is 6.47. The summed E-state index contributed by atoms with van der Waals surface area (Å²) in [7, 11) is 0. The van der Waals surface area contributed by atoms with Crippen LogP contribution in [0.2, 0.25) is 0 Å². The second kappa shape index (κ2) is 10.4. The Labute approximate surface area is 169 Å². The Balaban J connectivity index is 1.93. The average Bonchev–Trinajstić information content (AvgIpc) is 2.78.